The Kier molecular flexibility index (Phi) is 8.77. The van der Waals surface area contributed by atoms with E-state index >= 15 is 0 Å². The van der Waals surface area contributed by atoms with E-state index in [-0.39, 0.29) is 6.71 Å². The van der Waals surface area contributed by atoms with Gasteiger partial charge in [0.2, 0.25) is 0 Å². The number of hydrogen-bond acceptors (Lipinski definition) is 2. The van der Waals surface area contributed by atoms with Crippen molar-refractivity contribution in [2.24, 2.45) is 0 Å². The van der Waals surface area contributed by atoms with Crippen molar-refractivity contribution >= 4 is 68.4 Å². The molecule has 3 aliphatic rings. The fourth-order valence-electron chi connectivity index (χ4n) is 8.96. The minimum absolute atomic E-state index is 0.00000405. The molecule has 7 aromatic rings. The van der Waals surface area contributed by atoms with Crippen molar-refractivity contribution in [2.45, 2.75) is 12.8 Å². The van der Waals surface area contributed by atoms with Crippen LogP contribution >= 0.6 is 0 Å². The summed E-state index contributed by atoms with van der Waals surface area (Å²) in [5.41, 5.74) is 20.4. The van der Waals surface area contributed by atoms with E-state index in [0.717, 1.165) is 35.4 Å². The molecule has 270 valence electrons. The molecule has 57 heavy (non-hydrogen) atoms. The van der Waals surface area contributed by atoms with Crippen LogP contribution in [-0.2, 0) is 0 Å². The van der Waals surface area contributed by atoms with E-state index in [1.807, 2.05) is 18.2 Å². The van der Waals surface area contributed by atoms with Gasteiger partial charge in [0, 0.05) is 34.1 Å². The molecule has 0 saturated carbocycles. The van der Waals surface area contributed by atoms with Gasteiger partial charge < -0.3 is 9.80 Å². The molecule has 0 atom stereocenters. The molecular weight excluding hydrogens is 687 g/mol. The van der Waals surface area contributed by atoms with Crippen molar-refractivity contribution in [2.75, 3.05) is 9.80 Å². The predicted molar refractivity (Wildman–Crippen MR) is 246 cm³/mol. The van der Waals surface area contributed by atoms with E-state index < -0.39 is 0 Å². The molecule has 2 heterocycles. The summed E-state index contributed by atoms with van der Waals surface area (Å²) in [6.07, 6.45) is 14.8. The van der Waals surface area contributed by atoms with Crippen LogP contribution in [0, 0.1) is 0 Å². The smallest absolute Gasteiger partial charge is 0.252 e. The number of fused-ring (bicyclic) bond motifs is 4. The minimum Gasteiger partial charge on any atom is -0.311 e. The monoisotopic (exact) mass is 728 g/mol. The zero-order valence-electron chi connectivity index (χ0n) is 31.9. The summed E-state index contributed by atoms with van der Waals surface area (Å²) < 4.78 is 0. The Morgan fingerprint density at radius 3 is 1.56 bits per heavy atom. The second kappa shape index (κ2) is 14.5. The van der Waals surface area contributed by atoms with Crippen LogP contribution in [0.3, 0.4) is 0 Å². The second-order valence-electron chi connectivity index (χ2n) is 14.9. The maximum Gasteiger partial charge on any atom is 0.252 e. The normalized spacial score (nSPS) is 14.0. The van der Waals surface area contributed by atoms with Crippen LogP contribution in [0.1, 0.15) is 24.0 Å². The number of rotatable bonds is 8. The van der Waals surface area contributed by atoms with E-state index in [1.165, 1.54) is 72.5 Å². The molecule has 0 fully saturated rings. The fraction of sp³-hybridized carbons (Fsp3) is 0.0370. The Morgan fingerprint density at radius 2 is 1.05 bits per heavy atom. The molecular formula is C54H41BN2. The van der Waals surface area contributed by atoms with Gasteiger partial charge in [0.1, 0.15) is 0 Å². The third-order valence-corrected chi connectivity index (χ3v) is 11.6. The molecule has 2 aliphatic heterocycles. The molecule has 0 radical (unpaired) electrons. The van der Waals surface area contributed by atoms with Gasteiger partial charge in [-0.05, 0) is 122 Å². The van der Waals surface area contributed by atoms with Crippen LogP contribution < -0.4 is 26.2 Å². The largest absolute Gasteiger partial charge is 0.311 e. The molecule has 0 unspecified atom stereocenters. The standard InChI is InChI=1S/C54H41BN2/c1-3-15-38(4-2)42-24-30-46(31-25-42)56-50-34-28-44(40-18-10-6-11-19-40)36-48(50)55-49-37-45(41-20-12-7-13-21-41)29-35-51(49)57(53-23-14-22-52(56)54(53)55)47-32-26-43(27-33-47)39-16-8-5-9-17-39/h3-4,6-8,10-37H,1-2,5,9H2/b38-15+. The van der Waals surface area contributed by atoms with Crippen LogP contribution in [0.15, 0.2) is 213 Å². The van der Waals surface area contributed by atoms with Gasteiger partial charge in [0.15, 0.2) is 0 Å². The van der Waals surface area contributed by atoms with Crippen molar-refractivity contribution in [1.82, 2.24) is 0 Å². The van der Waals surface area contributed by atoms with Crippen molar-refractivity contribution in [3.05, 3.63) is 225 Å². The highest BCUT2D eigenvalue weighted by Gasteiger charge is 2.43. The lowest BCUT2D eigenvalue weighted by Crippen LogP contribution is -2.61. The topological polar surface area (TPSA) is 6.48 Å². The molecule has 3 heteroatoms. The first-order valence-corrected chi connectivity index (χ1v) is 19.8. The van der Waals surface area contributed by atoms with E-state index in [9.17, 15) is 0 Å². The Morgan fingerprint density at radius 1 is 0.509 bits per heavy atom. The second-order valence-corrected chi connectivity index (χ2v) is 14.9. The Labute approximate surface area is 336 Å². The van der Waals surface area contributed by atoms with Crippen LogP contribution in [0.4, 0.5) is 34.1 Å². The molecule has 1 aliphatic carbocycles. The highest BCUT2D eigenvalue weighted by molar-refractivity contribution is 7.00. The summed E-state index contributed by atoms with van der Waals surface area (Å²) in [6.45, 7) is 7.99. The van der Waals surface area contributed by atoms with Crippen molar-refractivity contribution < 1.29 is 0 Å². The summed E-state index contributed by atoms with van der Waals surface area (Å²) in [4.78, 5) is 4.95. The zero-order valence-corrected chi connectivity index (χ0v) is 31.9. The highest BCUT2D eigenvalue weighted by atomic mass is 15.2. The maximum absolute atomic E-state index is 4.06. The minimum atomic E-state index is -0.00000405. The van der Waals surface area contributed by atoms with Crippen LogP contribution in [0.5, 0.6) is 0 Å². The number of anilines is 6. The molecule has 0 spiro atoms. The fourth-order valence-corrected chi connectivity index (χ4v) is 8.96. The third kappa shape index (κ3) is 6.00. The summed E-state index contributed by atoms with van der Waals surface area (Å²) >= 11 is 0. The van der Waals surface area contributed by atoms with E-state index in [0.29, 0.717) is 0 Å². The van der Waals surface area contributed by atoms with Gasteiger partial charge in [-0.15, -0.1) is 0 Å². The lowest BCUT2D eigenvalue weighted by atomic mass is 9.33. The highest BCUT2D eigenvalue weighted by Crippen LogP contribution is 2.45. The van der Waals surface area contributed by atoms with Gasteiger partial charge in [-0.1, -0.05) is 165 Å². The van der Waals surface area contributed by atoms with E-state index in [4.69, 9.17) is 0 Å². The first-order chi connectivity index (χ1) is 28.2. The molecule has 7 aromatic carbocycles. The Bertz CT molecular complexity index is 2760. The maximum atomic E-state index is 4.06. The summed E-state index contributed by atoms with van der Waals surface area (Å²) in [7, 11) is 0. The SMILES string of the molecule is C=C/C=C(\C=C)c1ccc(N2c3ccc(-c4ccccc4)cc3B3c4cc(-c5ccccc5)ccc4N(c4ccc(C5=CCCC=C5)cc4)c4cccc2c43)cc1. The Balaban J connectivity index is 1.22. The Hall–Kier alpha value is -7.10. The molecule has 0 saturated heterocycles. The van der Waals surface area contributed by atoms with Gasteiger partial charge in [-0.25, -0.2) is 0 Å². The molecule has 10 rings (SSSR count). The number of benzene rings is 7. The molecule has 0 bridgehead atoms. The van der Waals surface area contributed by atoms with Crippen molar-refractivity contribution in [3.63, 3.8) is 0 Å². The van der Waals surface area contributed by atoms with E-state index in [2.05, 4.69) is 205 Å². The van der Waals surface area contributed by atoms with Crippen LogP contribution in [-0.4, -0.2) is 6.71 Å². The molecule has 0 N–H and O–H groups in total. The average molecular weight is 729 g/mol. The third-order valence-electron chi connectivity index (χ3n) is 11.6. The van der Waals surface area contributed by atoms with Crippen LogP contribution in [0.25, 0.3) is 33.4 Å². The molecule has 2 nitrogen and oxygen atoms in total. The van der Waals surface area contributed by atoms with Gasteiger partial charge in [-0.3, -0.25) is 0 Å². The van der Waals surface area contributed by atoms with Gasteiger partial charge in [0.05, 0.1) is 0 Å². The van der Waals surface area contributed by atoms with Gasteiger partial charge >= 0.3 is 0 Å². The quantitative estimate of drug-likeness (QED) is 0.114. The number of hydrogen-bond donors (Lipinski definition) is 0. The van der Waals surface area contributed by atoms with Crippen molar-refractivity contribution in [3.8, 4) is 22.3 Å². The van der Waals surface area contributed by atoms with Crippen molar-refractivity contribution in [1.29, 1.82) is 0 Å². The summed E-state index contributed by atoms with van der Waals surface area (Å²) in [5.74, 6) is 0. The summed E-state index contributed by atoms with van der Waals surface area (Å²) in [5, 5.41) is 0. The molecule has 0 aromatic heterocycles. The summed E-state index contributed by atoms with van der Waals surface area (Å²) in [6, 6.07) is 60.5. The molecule has 0 amide bonds. The first-order valence-electron chi connectivity index (χ1n) is 19.8. The van der Waals surface area contributed by atoms with Gasteiger partial charge in [-0.2, -0.15) is 0 Å². The lowest BCUT2D eigenvalue weighted by Gasteiger charge is -2.44. The lowest BCUT2D eigenvalue weighted by molar-refractivity contribution is 1.04. The number of allylic oxidation sites excluding steroid dienone is 8. The van der Waals surface area contributed by atoms with Crippen LogP contribution in [0.2, 0.25) is 0 Å². The zero-order chi connectivity index (χ0) is 38.3. The van der Waals surface area contributed by atoms with E-state index in [1.54, 1.807) is 0 Å². The predicted octanol–water partition coefficient (Wildman–Crippen LogP) is 12.6. The van der Waals surface area contributed by atoms with Gasteiger partial charge in [0.25, 0.3) is 6.71 Å². The first kappa shape index (κ1) is 34.4. The number of nitrogens with zero attached hydrogens (tertiary/aromatic N) is 2. The average Bonchev–Trinajstić information content (AvgIpc) is 3.29.